The molecule has 0 radical (unpaired) electrons. The first kappa shape index (κ1) is 20.5. The largest absolute Gasteiger partial charge is 0.416 e. The van der Waals surface area contributed by atoms with E-state index in [1.165, 1.54) is 22.7 Å². The van der Waals surface area contributed by atoms with Gasteiger partial charge in [-0.05, 0) is 54.4 Å². The predicted molar refractivity (Wildman–Crippen MR) is 108 cm³/mol. The van der Waals surface area contributed by atoms with Crippen LogP contribution in [0.3, 0.4) is 0 Å². The van der Waals surface area contributed by atoms with Crippen LogP contribution in [0.4, 0.5) is 13.2 Å². The van der Waals surface area contributed by atoms with Crippen LogP contribution < -0.4 is 5.73 Å². The van der Waals surface area contributed by atoms with Crippen LogP contribution in [0.2, 0.25) is 0 Å². The third kappa shape index (κ3) is 3.39. The second kappa shape index (κ2) is 7.32. The van der Waals surface area contributed by atoms with E-state index in [9.17, 15) is 22.8 Å². The fourth-order valence-corrected chi connectivity index (χ4v) is 5.15. The van der Waals surface area contributed by atoms with Gasteiger partial charge in [-0.3, -0.25) is 14.0 Å². The van der Waals surface area contributed by atoms with Gasteiger partial charge in [0.2, 0.25) is 11.7 Å². The normalized spacial score (nSPS) is 23.0. The minimum absolute atomic E-state index is 0.0852. The number of benzene rings is 1. The van der Waals surface area contributed by atoms with E-state index in [0.717, 1.165) is 6.07 Å². The van der Waals surface area contributed by atoms with Crippen molar-refractivity contribution in [1.82, 2.24) is 19.5 Å². The average molecular weight is 443 g/mol. The molecule has 0 spiro atoms. The van der Waals surface area contributed by atoms with Crippen LogP contribution in [0.25, 0.3) is 5.65 Å². The van der Waals surface area contributed by atoms with E-state index in [4.69, 9.17) is 5.73 Å². The van der Waals surface area contributed by atoms with Gasteiger partial charge in [0, 0.05) is 19.3 Å². The van der Waals surface area contributed by atoms with Crippen LogP contribution in [0.1, 0.15) is 50.9 Å². The number of amides is 2. The molecule has 3 heterocycles. The van der Waals surface area contributed by atoms with Crippen LogP contribution in [-0.4, -0.2) is 44.4 Å². The van der Waals surface area contributed by atoms with Crippen LogP contribution in [0.15, 0.2) is 42.6 Å². The second-order valence-corrected chi connectivity index (χ2v) is 8.52. The lowest BCUT2D eigenvalue weighted by Gasteiger charge is -2.21. The molecule has 1 saturated carbocycles. The molecule has 2 amide bonds. The number of pyridine rings is 1. The van der Waals surface area contributed by atoms with E-state index in [0.29, 0.717) is 37.1 Å². The Labute approximate surface area is 181 Å². The van der Waals surface area contributed by atoms with E-state index in [2.05, 4.69) is 10.2 Å². The summed E-state index contributed by atoms with van der Waals surface area (Å²) in [5.41, 5.74) is 5.74. The van der Waals surface area contributed by atoms with Crippen molar-refractivity contribution < 1.29 is 22.8 Å². The Balaban J connectivity index is 1.34. The average Bonchev–Trinajstić information content (AvgIpc) is 3.45. The summed E-state index contributed by atoms with van der Waals surface area (Å²) in [5, 5.41) is 7.95. The summed E-state index contributed by atoms with van der Waals surface area (Å²) in [7, 11) is 0. The number of fused-ring (bicyclic) bond motifs is 2. The summed E-state index contributed by atoms with van der Waals surface area (Å²) in [6, 6.07) is 8.83. The molecule has 5 rings (SSSR count). The standard InChI is InChI=1S/C22H20F3N5O2/c23-22(24,25)17-4-2-1-3-16(17)13-7-14-9-29(10-15(14)8-13)21(32)20-28-27-18-6-5-12(19(26)31)11-30(18)20/h1-6,11,13-15H,7-10H2,(H2,26,31)/t13-,14-,15+. The molecule has 166 valence electrons. The molecule has 10 heteroatoms. The Kier molecular flexibility index (Phi) is 4.68. The molecule has 1 aliphatic carbocycles. The van der Waals surface area contributed by atoms with E-state index in [1.54, 1.807) is 23.1 Å². The maximum atomic E-state index is 13.4. The first-order valence-electron chi connectivity index (χ1n) is 10.3. The molecule has 3 atom stereocenters. The van der Waals surface area contributed by atoms with Gasteiger partial charge in [-0.15, -0.1) is 10.2 Å². The van der Waals surface area contributed by atoms with Gasteiger partial charge in [0.25, 0.3) is 5.91 Å². The lowest BCUT2D eigenvalue weighted by atomic mass is 9.91. The number of halogens is 3. The van der Waals surface area contributed by atoms with Crippen molar-refractivity contribution in [3.8, 4) is 0 Å². The van der Waals surface area contributed by atoms with Gasteiger partial charge in [0.05, 0.1) is 11.1 Å². The molecule has 3 aromatic rings. The highest BCUT2D eigenvalue weighted by Crippen LogP contribution is 2.49. The molecule has 1 aliphatic heterocycles. The highest BCUT2D eigenvalue weighted by molar-refractivity contribution is 5.94. The van der Waals surface area contributed by atoms with E-state index in [-0.39, 0.29) is 35.0 Å². The molecule has 2 aromatic heterocycles. The Morgan fingerprint density at radius 2 is 1.69 bits per heavy atom. The summed E-state index contributed by atoms with van der Waals surface area (Å²) >= 11 is 0. The lowest BCUT2D eigenvalue weighted by Crippen LogP contribution is -2.31. The van der Waals surface area contributed by atoms with Gasteiger partial charge in [-0.2, -0.15) is 13.2 Å². The summed E-state index contributed by atoms with van der Waals surface area (Å²) < 4.78 is 41.7. The Morgan fingerprint density at radius 3 is 2.34 bits per heavy atom. The van der Waals surface area contributed by atoms with Crippen molar-refractivity contribution in [2.24, 2.45) is 17.6 Å². The SMILES string of the molecule is NC(=O)c1ccc2nnc(C(=O)N3C[C@H]4C[C@@H](c5ccccc5C(F)(F)F)C[C@H]4C3)n2c1. The van der Waals surface area contributed by atoms with Crippen molar-refractivity contribution in [3.05, 3.63) is 65.1 Å². The molecule has 0 bridgehead atoms. The van der Waals surface area contributed by atoms with Crippen LogP contribution >= 0.6 is 0 Å². The zero-order valence-electron chi connectivity index (χ0n) is 16.9. The molecular weight excluding hydrogens is 423 g/mol. The molecular formula is C22H20F3N5O2. The first-order valence-corrected chi connectivity index (χ1v) is 10.3. The monoisotopic (exact) mass is 443 g/mol. The summed E-state index contributed by atoms with van der Waals surface area (Å²) in [5.74, 6) is -0.772. The number of primary amides is 1. The third-order valence-electron chi connectivity index (χ3n) is 6.62. The predicted octanol–water partition coefficient (Wildman–Crippen LogP) is 3.11. The minimum atomic E-state index is -4.38. The van der Waals surface area contributed by atoms with Gasteiger partial charge in [0.1, 0.15) is 0 Å². The van der Waals surface area contributed by atoms with Crippen molar-refractivity contribution in [3.63, 3.8) is 0 Å². The molecule has 2 aliphatic rings. The van der Waals surface area contributed by atoms with Gasteiger partial charge in [-0.1, -0.05) is 18.2 Å². The van der Waals surface area contributed by atoms with Crippen LogP contribution in [-0.2, 0) is 6.18 Å². The zero-order valence-corrected chi connectivity index (χ0v) is 16.9. The highest BCUT2D eigenvalue weighted by atomic mass is 19.4. The number of rotatable bonds is 3. The van der Waals surface area contributed by atoms with Crippen molar-refractivity contribution >= 4 is 17.5 Å². The maximum absolute atomic E-state index is 13.4. The molecule has 2 fully saturated rings. The van der Waals surface area contributed by atoms with E-state index < -0.39 is 17.6 Å². The fraction of sp³-hybridized carbons (Fsp3) is 0.364. The third-order valence-corrected chi connectivity index (χ3v) is 6.62. The van der Waals surface area contributed by atoms with Gasteiger partial charge >= 0.3 is 6.18 Å². The Hall–Kier alpha value is -3.43. The minimum Gasteiger partial charge on any atom is -0.366 e. The smallest absolute Gasteiger partial charge is 0.366 e. The first-order chi connectivity index (χ1) is 15.2. The topological polar surface area (TPSA) is 93.6 Å². The second-order valence-electron chi connectivity index (χ2n) is 8.52. The number of carbonyl (C=O) groups excluding carboxylic acids is 2. The summed E-state index contributed by atoms with van der Waals surface area (Å²) in [6.45, 7) is 0.914. The highest BCUT2D eigenvalue weighted by Gasteiger charge is 2.45. The zero-order chi connectivity index (χ0) is 22.6. The van der Waals surface area contributed by atoms with Gasteiger partial charge in [0.15, 0.2) is 5.65 Å². The molecule has 32 heavy (non-hydrogen) atoms. The van der Waals surface area contributed by atoms with Crippen molar-refractivity contribution in [2.45, 2.75) is 24.9 Å². The summed E-state index contributed by atoms with van der Waals surface area (Å²) in [6.07, 6.45) is -1.73. The Bertz CT molecular complexity index is 1210. The molecule has 1 saturated heterocycles. The van der Waals surface area contributed by atoms with Crippen LogP contribution in [0.5, 0.6) is 0 Å². The molecule has 2 N–H and O–H groups in total. The number of nitrogens with two attached hydrogens (primary N) is 1. The fourth-order valence-electron chi connectivity index (χ4n) is 5.15. The number of hydrogen-bond acceptors (Lipinski definition) is 4. The number of alkyl halides is 3. The molecule has 1 aromatic carbocycles. The number of likely N-dealkylation sites (tertiary alicyclic amines) is 1. The van der Waals surface area contributed by atoms with E-state index in [1.807, 2.05) is 0 Å². The molecule has 0 unspecified atom stereocenters. The maximum Gasteiger partial charge on any atom is 0.416 e. The lowest BCUT2D eigenvalue weighted by molar-refractivity contribution is -0.138. The number of aromatic nitrogens is 3. The quantitative estimate of drug-likeness (QED) is 0.673. The number of hydrogen-bond donors (Lipinski definition) is 1. The summed E-state index contributed by atoms with van der Waals surface area (Å²) in [4.78, 5) is 26.3. The van der Waals surface area contributed by atoms with Crippen molar-refractivity contribution in [1.29, 1.82) is 0 Å². The van der Waals surface area contributed by atoms with Gasteiger partial charge < -0.3 is 10.6 Å². The van der Waals surface area contributed by atoms with E-state index >= 15 is 0 Å². The molecule has 7 nitrogen and oxygen atoms in total. The van der Waals surface area contributed by atoms with Crippen LogP contribution in [0, 0.1) is 11.8 Å². The number of carbonyl (C=O) groups is 2. The van der Waals surface area contributed by atoms with Crippen molar-refractivity contribution in [2.75, 3.05) is 13.1 Å². The Morgan fingerprint density at radius 1 is 1.00 bits per heavy atom. The number of nitrogens with zero attached hydrogens (tertiary/aromatic N) is 4. The van der Waals surface area contributed by atoms with Gasteiger partial charge in [-0.25, -0.2) is 0 Å².